The van der Waals surface area contributed by atoms with E-state index in [9.17, 15) is 4.79 Å². The number of Topliss-reactive ketones (excluding diaryl/α,β-unsaturated/α-hetero) is 1. The Labute approximate surface area is 125 Å². The van der Waals surface area contributed by atoms with E-state index in [0.717, 1.165) is 22.2 Å². The van der Waals surface area contributed by atoms with Crippen LogP contribution in [0.1, 0.15) is 36.8 Å². The molecule has 4 atom stereocenters. The fraction of sp³-hybridized carbons (Fsp3) is 0.444. The van der Waals surface area contributed by atoms with Gasteiger partial charge < -0.3 is 4.74 Å². The number of nitrogens with zero attached hydrogens (tertiary/aromatic N) is 1. The van der Waals surface area contributed by atoms with Gasteiger partial charge in [-0.2, -0.15) is 0 Å². The number of aryl methyl sites for hydroxylation is 1. The third-order valence-electron chi connectivity index (χ3n) is 4.66. The van der Waals surface area contributed by atoms with Crippen molar-refractivity contribution in [2.75, 3.05) is 0 Å². The van der Waals surface area contributed by atoms with Crippen LogP contribution < -0.4 is 0 Å². The number of carbonyl (C=O) groups is 1. The molecule has 1 fully saturated rings. The molecule has 0 saturated carbocycles. The summed E-state index contributed by atoms with van der Waals surface area (Å²) < 4.78 is 5.80. The van der Waals surface area contributed by atoms with Crippen molar-refractivity contribution in [2.45, 2.75) is 39.9 Å². The summed E-state index contributed by atoms with van der Waals surface area (Å²) in [4.78, 5) is 17.3. The van der Waals surface area contributed by atoms with Crippen molar-refractivity contribution in [2.24, 2.45) is 11.8 Å². The Morgan fingerprint density at radius 1 is 1.10 bits per heavy atom. The maximum atomic E-state index is 12.8. The average Bonchev–Trinajstić information content (AvgIpc) is 2.71. The van der Waals surface area contributed by atoms with Gasteiger partial charge in [0.25, 0.3) is 0 Å². The molecule has 3 heteroatoms. The summed E-state index contributed by atoms with van der Waals surface area (Å²) in [6, 6.07) is 9.77. The zero-order valence-electron chi connectivity index (χ0n) is 13.0. The van der Waals surface area contributed by atoms with E-state index in [1.54, 1.807) is 0 Å². The summed E-state index contributed by atoms with van der Waals surface area (Å²) in [5, 5.41) is 1.01. The van der Waals surface area contributed by atoms with Crippen molar-refractivity contribution in [1.29, 1.82) is 0 Å². The van der Waals surface area contributed by atoms with Crippen LogP contribution in [0.4, 0.5) is 0 Å². The van der Waals surface area contributed by atoms with Gasteiger partial charge in [0.15, 0.2) is 5.78 Å². The molecule has 0 N–H and O–H groups in total. The van der Waals surface area contributed by atoms with Crippen molar-refractivity contribution >= 4 is 16.7 Å². The van der Waals surface area contributed by atoms with Crippen LogP contribution in [0, 0.1) is 18.8 Å². The van der Waals surface area contributed by atoms with E-state index in [0.29, 0.717) is 0 Å². The zero-order chi connectivity index (χ0) is 15.1. The number of ether oxygens (including phenoxy) is 1. The van der Waals surface area contributed by atoms with Gasteiger partial charge in [-0.3, -0.25) is 9.78 Å². The smallest absolute Gasteiger partial charge is 0.168 e. The highest BCUT2D eigenvalue weighted by Gasteiger charge is 2.41. The minimum atomic E-state index is -0.0594. The quantitative estimate of drug-likeness (QED) is 0.787. The first-order valence-electron chi connectivity index (χ1n) is 7.54. The van der Waals surface area contributed by atoms with Gasteiger partial charge in [0, 0.05) is 16.6 Å². The van der Waals surface area contributed by atoms with E-state index in [-0.39, 0.29) is 29.8 Å². The molecule has 1 aromatic heterocycles. The van der Waals surface area contributed by atoms with Gasteiger partial charge in [0.2, 0.25) is 0 Å². The van der Waals surface area contributed by atoms with Crippen molar-refractivity contribution < 1.29 is 9.53 Å². The molecule has 2 aromatic rings. The van der Waals surface area contributed by atoms with E-state index in [2.05, 4.69) is 11.9 Å². The monoisotopic (exact) mass is 283 g/mol. The standard InChI is InChI=1S/C18H21NO2/c1-10-5-6-14-9-15(7-8-16(14)19-10)18(20)17-11(2)12(3)21-13(17)4/h5-9,11-13,17H,1-4H3. The average molecular weight is 283 g/mol. The fourth-order valence-electron chi connectivity index (χ4n) is 3.29. The van der Waals surface area contributed by atoms with E-state index in [4.69, 9.17) is 4.74 Å². The number of carbonyl (C=O) groups excluding carboxylic acids is 1. The van der Waals surface area contributed by atoms with E-state index < -0.39 is 0 Å². The zero-order valence-corrected chi connectivity index (χ0v) is 13.0. The Kier molecular flexibility index (Phi) is 3.54. The summed E-state index contributed by atoms with van der Waals surface area (Å²) in [6.45, 7) is 8.11. The molecule has 0 spiro atoms. The largest absolute Gasteiger partial charge is 0.374 e. The van der Waals surface area contributed by atoms with Crippen LogP contribution in [0.5, 0.6) is 0 Å². The van der Waals surface area contributed by atoms with Gasteiger partial charge in [-0.15, -0.1) is 0 Å². The lowest BCUT2D eigenvalue weighted by Gasteiger charge is -2.17. The first-order valence-corrected chi connectivity index (χ1v) is 7.54. The van der Waals surface area contributed by atoms with Gasteiger partial charge >= 0.3 is 0 Å². The number of rotatable bonds is 2. The van der Waals surface area contributed by atoms with Crippen molar-refractivity contribution in [1.82, 2.24) is 4.98 Å². The highest BCUT2D eigenvalue weighted by Crippen LogP contribution is 2.34. The van der Waals surface area contributed by atoms with Crippen LogP contribution in [0.2, 0.25) is 0 Å². The second-order valence-electron chi connectivity index (χ2n) is 6.16. The molecule has 3 nitrogen and oxygen atoms in total. The number of hydrogen-bond acceptors (Lipinski definition) is 3. The molecule has 1 saturated heterocycles. The Morgan fingerprint density at radius 2 is 1.86 bits per heavy atom. The third kappa shape index (κ3) is 2.46. The SMILES string of the molecule is Cc1ccc2cc(C(=O)C3C(C)OC(C)C3C)ccc2n1. The summed E-state index contributed by atoms with van der Waals surface area (Å²) >= 11 is 0. The van der Waals surface area contributed by atoms with E-state index in [1.807, 2.05) is 51.1 Å². The molecule has 0 aliphatic carbocycles. The van der Waals surface area contributed by atoms with Crippen LogP contribution in [0.15, 0.2) is 30.3 Å². The second-order valence-corrected chi connectivity index (χ2v) is 6.16. The molecular weight excluding hydrogens is 262 g/mol. The van der Waals surface area contributed by atoms with Crippen LogP contribution in [0.3, 0.4) is 0 Å². The fourth-order valence-corrected chi connectivity index (χ4v) is 3.29. The predicted molar refractivity (Wildman–Crippen MR) is 83.5 cm³/mol. The first kappa shape index (κ1) is 14.2. The molecule has 21 heavy (non-hydrogen) atoms. The second kappa shape index (κ2) is 5.23. The number of pyridine rings is 1. The van der Waals surface area contributed by atoms with E-state index >= 15 is 0 Å². The van der Waals surface area contributed by atoms with Crippen LogP contribution in [-0.4, -0.2) is 23.0 Å². The molecule has 3 rings (SSSR count). The van der Waals surface area contributed by atoms with Crippen LogP contribution in [0.25, 0.3) is 10.9 Å². The highest BCUT2D eigenvalue weighted by molar-refractivity contribution is 6.01. The molecule has 1 aliphatic heterocycles. The molecule has 2 heterocycles. The Bertz CT molecular complexity index is 695. The number of aromatic nitrogens is 1. The maximum Gasteiger partial charge on any atom is 0.168 e. The molecule has 110 valence electrons. The molecule has 1 aromatic carbocycles. The lowest BCUT2D eigenvalue weighted by atomic mass is 9.83. The maximum absolute atomic E-state index is 12.8. The predicted octanol–water partition coefficient (Wildman–Crippen LogP) is 3.79. The topological polar surface area (TPSA) is 39.2 Å². The summed E-state index contributed by atoms with van der Waals surface area (Å²) in [7, 11) is 0. The molecule has 0 bridgehead atoms. The van der Waals surface area contributed by atoms with Crippen molar-refractivity contribution in [3.8, 4) is 0 Å². The number of fused-ring (bicyclic) bond motifs is 1. The van der Waals surface area contributed by atoms with Crippen molar-refractivity contribution in [3.63, 3.8) is 0 Å². The van der Waals surface area contributed by atoms with Gasteiger partial charge in [-0.05, 0) is 51.0 Å². The van der Waals surface area contributed by atoms with Gasteiger partial charge in [-0.1, -0.05) is 13.0 Å². The van der Waals surface area contributed by atoms with E-state index in [1.165, 1.54) is 0 Å². The molecular formula is C18H21NO2. The molecule has 0 amide bonds. The minimum absolute atomic E-state index is 0.0191. The molecule has 4 unspecified atom stereocenters. The molecule has 0 radical (unpaired) electrons. The number of benzene rings is 1. The summed E-state index contributed by atoms with van der Waals surface area (Å²) in [6.07, 6.45) is 0.119. The Balaban J connectivity index is 1.96. The number of hydrogen-bond donors (Lipinski definition) is 0. The van der Waals surface area contributed by atoms with Crippen LogP contribution >= 0.6 is 0 Å². The third-order valence-corrected chi connectivity index (χ3v) is 4.66. The number of ketones is 1. The van der Waals surface area contributed by atoms with Crippen LogP contribution in [-0.2, 0) is 4.74 Å². The Hall–Kier alpha value is -1.74. The summed E-state index contributed by atoms with van der Waals surface area (Å²) in [5.41, 5.74) is 2.68. The van der Waals surface area contributed by atoms with Gasteiger partial charge in [0.05, 0.1) is 23.6 Å². The molecule has 1 aliphatic rings. The Morgan fingerprint density at radius 3 is 2.52 bits per heavy atom. The first-order chi connectivity index (χ1) is 9.97. The normalized spacial score (nSPS) is 29.0. The minimum Gasteiger partial charge on any atom is -0.374 e. The lowest BCUT2D eigenvalue weighted by Crippen LogP contribution is -2.26. The van der Waals surface area contributed by atoms with Crippen molar-refractivity contribution in [3.05, 3.63) is 41.6 Å². The van der Waals surface area contributed by atoms with Gasteiger partial charge in [0.1, 0.15) is 0 Å². The summed E-state index contributed by atoms with van der Waals surface area (Å²) in [5.74, 6) is 0.372. The lowest BCUT2D eigenvalue weighted by molar-refractivity contribution is 0.0491. The highest BCUT2D eigenvalue weighted by atomic mass is 16.5. The van der Waals surface area contributed by atoms with Gasteiger partial charge in [-0.25, -0.2) is 0 Å².